The Bertz CT molecular complexity index is 1130. The molecule has 3 aromatic carbocycles. The van der Waals surface area contributed by atoms with E-state index in [0.29, 0.717) is 16.5 Å². The normalized spacial score (nSPS) is 15.5. The number of ether oxygens (including phenoxy) is 2. The molecule has 1 aliphatic rings. The molecule has 0 fully saturated rings. The lowest BCUT2D eigenvalue weighted by Gasteiger charge is -2.38. The van der Waals surface area contributed by atoms with Crippen LogP contribution in [0.25, 0.3) is 0 Å². The molecule has 6 heteroatoms. The van der Waals surface area contributed by atoms with Gasteiger partial charge in [0.25, 0.3) is 0 Å². The van der Waals surface area contributed by atoms with Gasteiger partial charge in [0.2, 0.25) is 5.91 Å². The number of nitrogens with one attached hydrogen (secondary N) is 1. The minimum atomic E-state index is -0.311. The maximum atomic E-state index is 13.5. The molecular formula is C27H29ClN2O3. The Kier molecular flexibility index (Phi) is 6.91. The zero-order valence-electron chi connectivity index (χ0n) is 19.4. The fraction of sp³-hybridized carbons (Fsp3) is 0.296. The Hall–Kier alpha value is -3.02. The third-order valence-electron chi connectivity index (χ3n) is 5.73. The maximum Gasteiger partial charge on any atom is 0.232 e. The van der Waals surface area contributed by atoms with Crippen molar-refractivity contribution in [3.63, 3.8) is 0 Å². The summed E-state index contributed by atoms with van der Waals surface area (Å²) in [4.78, 5) is 15.4. The molecule has 5 nitrogen and oxygen atoms in total. The lowest BCUT2D eigenvalue weighted by atomic mass is 9.86. The van der Waals surface area contributed by atoms with Gasteiger partial charge in [0.1, 0.15) is 0 Å². The molecule has 1 amide bonds. The number of rotatable bonds is 7. The summed E-state index contributed by atoms with van der Waals surface area (Å²) >= 11 is 6.18. The predicted octanol–water partition coefficient (Wildman–Crippen LogP) is 5.53. The van der Waals surface area contributed by atoms with Crippen LogP contribution < -0.4 is 19.7 Å². The highest BCUT2D eigenvalue weighted by Crippen LogP contribution is 2.43. The van der Waals surface area contributed by atoms with Gasteiger partial charge in [-0.05, 0) is 79.5 Å². The van der Waals surface area contributed by atoms with Gasteiger partial charge in [-0.15, -0.1) is 0 Å². The van der Waals surface area contributed by atoms with E-state index in [1.165, 1.54) is 0 Å². The number of methoxy groups -OCH3 is 1. The number of hydrogen-bond donors (Lipinski definition) is 1. The highest BCUT2D eigenvalue weighted by atomic mass is 35.5. The first-order chi connectivity index (χ1) is 15.9. The van der Waals surface area contributed by atoms with Gasteiger partial charge >= 0.3 is 0 Å². The molecule has 1 unspecified atom stereocenters. The van der Waals surface area contributed by atoms with Crippen molar-refractivity contribution in [1.82, 2.24) is 5.32 Å². The SMILES string of the molecule is CNCc1ccc(N2C(=O)Cc3cc(OC)c(OC(C)C)cc3C2c2ccc(Cl)cc2)cc1. The lowest BCUT2D eigenvalue weighted by molar-refractivity contribution is -0.118. The van der Waals surface area contributed by atoms with Crippen LogP contribution in [0.2, 0.25) is 5.02 Å². The van der Waals surface area contributed by atoms with E-state index in [2.05, 4.69) is 17.4 Å². The smallest absolute Gasteiger partial charge is 0.232 e. The molecule has 0 radical (unpaired) electrons. The van der Waals surface area contributed by atoms with Crippen LogP contribution in [0.4, 0.5) is 5.69 Å². The zero-order chi connectivity index (χ0) is 23.5. The van der Waals surface area contributed by atoms with Crippen molar-refractivity contribution in [1.29, 1.82) is 0 Å². The second kappa shape index (κ2) is 9.86. The number of carbonyl (C=O) groups is 1. The number of amides is 1. The summed E-state index contributed by atoms with van der Waals surface area (Å²) in [5.74, 6) is 1.34. The molecule has 0 saturated carbocycles. The Balaban J connectivity index is 1.87. The van der Waals surface area contributed by atoms with E-state index in [1.54, 1.807) is 7.11 Å². The first-order valence-corrected chi connectivity index (χ1v) is 11.5. The van der Waals surface area contributed by atoms with Crippen molar-refractivity contribution in [2.45, 2.75) is 39.0 Å². The van der Waals surface area contributed by atoms with Crippen molar-refractivity contribution in [3.05, 3.63) is 87.9 Å². The summed E-state index contributed by atoms with van der Waals surface area (Å²) in [6.07, 6.45) is 0.280. The van der Waals surface area contributed by atoms with Gasteiger partial charge < -0.3 is 19.7 Å². The molecule has 1 N–H and O–H groups in total. The quantitative estimate of drug-likeness (QED) is 0.499. The predicted molar refractivity (Wildman–Crippen MR) is 132 cm³/mol. The van der Waals surface area contributed by atoms with Gasteiger partial charge in [0.15, 0.2) is 11.5 Å². The Morgan fingerprint density at radius 2 is 1.76 bits per heavy atom. The van der Waals surface area contributed by atoms with Gasteiger partial charge in [0.05, 0.1) is 25.7 Å². The highest BCUT2D eigenvalue weighted by Gasteiger charge is 2.36. The highest BCUT2D eigenvalue weighted by molar-refractivity contribution is 6.30. The average molecular weight is 465 g/mol. The van der Waals surface area contributed by atoms with Gasteiger partial charge in [0, 0.05) is 17.3 Å². The summed E-state index contributed by atoms with van der Waals surface area (Å²) in [6.45, 7) is 4.74. The lowest BCUT2D eigenvalue weighted by Crippen LogP contribution is -2.41. The third-order valence-corrected chi connectivity index (χ3v) is 5.98. The van der Waals surface area contributed by atoms with Gasteiger partial charge in [-0.25, -0.2) is 0 Å². The average Bonchev–Trinajstić information content (AvgIpc) is 2.79. The van der Waals surface area contributed by atoms with Crippen molar-refractivity contribution in [2.75, 3.05) is 19.1 Å². The number of anilines is 1. The molecule has 0 saturated heterocycles. The summed E-state index contributed by atoms with van der Waals surface area (Å²) in [6, 6.07) is 19.4. The molecule has 0 aliphatic carbocycles. The van der Waals surface area contributed by atoms with Crippen molar-refractivity contribution in [3.8, 4) is 11.5 Å². The standard InChI is InChI=1S/C27H29ClN2O3/c1-17(2)33-25-15-23-20(13-24(25)32-4)14-26(31)30(22-11-5-18(6-12-22)16-29-3)27(23)19-7-9-21(28)10-8-19/h5-13,15,17,27,29H,14,16H2,1-4H3. The van der Waals surface area contributed by atoms with Crippen LogP contribution in [0, 0.1) is 0 Å². The van der Waals surface area contributed by atoms with Gasteiger partial charge in [-0.3, -0.25) is 4.79 Å². The van der Waals surface area contributed by atoms with Crippen LogP contribution in [-0.4, -0.2) is 26.2 Å². The molecule has 33 heavy (non-hydrogen) atoms. The summed E-state index contributed by atoms with van der Waals surface area (Å²) < 4.78 is 11.6. The Morgan fingerprint density at radius 3 is 2.36 bits per heavy atom. The van der Waals surface area contributed by atoms with E-state index in [9.17, 15) is 4.79 Å². The molecule has 1 atom stereocenters. The first kappa shape index (κ1) is 23.1. The van der Waals surface area contributed by atoms with Crippen LogP contribution >= 0.6 is 11.6 Å². The molecule has 3 aromatic rings. The summed E-state index contributed by atoms with van der Waals surface area (Å²) in [7, 11) is 3.54. The Morgan fingerprint density at radius 1 is 1.06 bits per heavy atom. The second-order valence-corrected chi connectivity index (χ2v) is 8.90. The molecule has 1 heterocycles. The van der Waals surface area contributed by atoms with E-state index >= 15 is 0 Å². The molecule has 4 rings (SSSR count). The van der Waals surface area contributed by atoms with E-state index in [-0.39, 0.29) is 24.5 Å². The van der Waals surface area contributed by atoms with Crippen molar-refractivity contribution in [2.24, 2.45) is 0 Å². The topological polar surface area (TPSA) is 50.8 Å². The van der Waals surface area contributed by atoms with Gasteiger partial charge in [-0.1, -0.05) is 35.9 Å². The van der Waals surface area contributed by atoms with Crippen LogP contribution in [-0.2, 0) is 17.8 Å². The van der Waals surface area contributed by atoms with E-state index in [4.69, 9.17) is 21.1 Å². The largest absolute Gasteiger partial charge is 0.493 e. The third kappa shape index (κ3) is 4.85. The van der Waals surface area contributed by atoms with Crippen molar-refractivity contribution >= 4 is 23.2 Å². The number of carbonyl (C=O) groups excluding carboxylic acids is 1. The molecule has 0 bridgehead atoms. The van der Waals surface area contributed by atoms with E-state index in [0.717, 1.165) is 34.5 Å². The molecular weight excluding hydrogens is 436 g/mol. The number of benzene rings is 3. The van der Waals surface area contributed by atoms with Gasteiger partial charge in [-0.2, -0.15) is 0 Å². The maximum absolute atomic E-state index is 13.5. The minimum absolute atomic E-state index is 0.00743. The molecule has 1 aliphatic heterocycles. The molecule has 0 spiro atoms. The number of fused-ring (bicyclic) bond motifs is 1. The summed E-state index contributed by atoms with van der Waals surface area (Å²) in [5.41, 5.74) is 4.96. The summed E-state index contributed by atoms with van der Waals surface area (Å²) in [5, 5.41) is 3.81. The monoisotopic (exact) mass is 464 g/mol. The Labute approximate surface area is 200 Å². The van der Waals surface area contributed by atoms with Crippen LogP contribution in [0.1, 0.15) is 42.1 Å². The van der Waals surface area contributed by atoms with Crippen LogP contribution in [0.5, 0.6) is 11.5 Å². The van der Waals surface area contributed by atoms with Crippen LogP contribution in [0.3, 0.4) is 0 Å². The number of nitrogens with zero attached hydrogens (tertiary/aromatic N) is 1. The van der Waals surface area contributed by atoms with E-state index < -0.39 is 0 Å². The van der Waals surface area contributed by atoms with Crippen molar-refractivity contribution < 1.29 is 14.3 Å². The zero-order valence-corrected chi connectivity index (χ0v) is 20.1. The van der Waals surface area contributed by atoms with Crippen LogP contribution in [0.15, 0.2) is 60.7 Å². The fourth-order valence-electron chi connectivity index (χ4n) is 4.31. The first-order valence-electron chi connectivity index (χ1n) is 11.1. The second-order valence-electron chi connectivity index (χ2n) is 8.46. The minimum Gasteiger partial charge on any atom is -0.493 e. The fourth-order valence-corrected chi connectivity index (χ4v) is 4.43. The number of hydrogen-bond acceptors (Lipinski definition) is 4. The molecule has 0 aromatic heterocycles. The molecule has 172 valence electrons. The van der Waals surface area contributed by atoms with E-state index in [1.807, 2.05) is 74.3 Å². The number of halogens is 1.